The molecule has 7 heteroatoms. The SMILES string of the molecule is CCc1ccccc1N=C1S/C(=C/c2cc(OC)c(OC)c(OC)c2)C(=O)N1C. The number of amides is 1. The molecule has 1 fully saturated rings. The van der Waals surface area contributed by atoms with Crippen molar-refractivity contribution in [2.24, 2.45) is 4.99 Å². The average Bonchev–Trinajstić information content (AvgIpc) is 3.01. The van der Waals surface area contributed by atoms with Gasteiger partial charge < -0.3 is 14.2 Å². The number of carbonyl (C=O) groups is 1. The predicted octanol–water partition coefficient (Wildman–Crippen LogP) is 4.51. The Morgan fingerprint density at radius 1 is 1.07 bits per heavy atom. The van der Waals surface area contributed by atoms with E-state index in [0.717, 1.165) is 23.2 Å². The highest BCUT2D eigenvalue weighted by molar-refractivity contribution is 8.18. The van der Waals surface area contributed by atoms with E-state index in [1.165, 1.54) is 11.8 Å². The molecule has 2 aromatic rings. The first-order valence-corrected chi connectivity index (χ1v) is 9.98. The molecule has 3 rings (SSSR count). The van der Waals surface area contributed by atoms with Gasteiger partial charge in [0.25, 0.3) is 5.91 Å². The smallest absolute Gasteiger partial charge is 0.266 e. The second kappa shape index (κ2) is 9.05. The Kier molecular flexibility index (Phi) is 6.49. The summed E-state index contributed by atoms with van der Waals surface area (Å²) in [6, 6.07) is 11.6. The molecule has 2 aromatic carbocycles. The van der Waals surface area contributed by atoms with E-state index < -0.39 is 0 Å². The van der Waals surface area contributed by atoms with E-state index in [0.29, 0.717) is 27.3 Å². The molecule has 6 nitrogen and oxygen atoms in total. The Balaban J connectivity index is 1.97. The number of thioether (sulfide) groups is 1. The van der Waals surface area contributed by atoms with Crippen LogP contribution >= 0.6 is 11.8 Å². The van der Waals surface area contributed by atoms with Crippen molar-refractivity contribution in [2.45, 2.75) is 13.3 Å². The minimum atomic E-state index is -0.100. The normalized spacial score (nSPS) is 16.6. The summed E-state index contributed by atoms with van der Waals surface area (Å²) >= 11 is 1.35. The lowest BCUT2D eigenvalue weighted by Crippen LogP contribution is -2.23. The predicted molar refractivity (Wildman–Crippen MR) is 117 cm³/mol. The fourth-order valence-electron chi connectivity index (χ4n) is 3.01. The van der Waals surface area contributed by atoms with E-state index in [1.807, 2.05) is 42.5 Å². The van der Waals surface area contributed by atoms with Gasteiger partial charge in [-0.15, -0.1) is 0 Å². The molecular formula is C22H24N2O4S. The lowest BCUT2D eigenvalue weighted by atomic mass is 10.1. The minimum absolute atomic E-state index is 0.100. The molecule has 0 atom stereocenters. The third kappa shape index (κ3) is 4.24. The first-order valence-electron chi connectivity index (χ1n) is 9.16. The molecule has 152 valence electrons. The largest absolute Gasteiger partial charge is 0.493 e. The van der Waals surface area contributed by atoms with Crippen LogP contribution in [0.5, 0.6) is 17.2 Å². The van der Waals surface area contributed by atoms with Crippen molar-refractivity contribution in [1.29, 1.82) is 0 Å². The van der Waals surface area contributed by atoms with Crippen LogP contribution in [-0.2, 0) is 11.2 Å². The van der Waals surface area contributed by atoms with E-state index in [1.54, 1.807) is 33.3 Å². The Hall–Kier alpha value is -2.93. The molecule has 0 radical (unpaired) electrons. The lowest BCUT2D eigenvalue weighted by Gasteiger charge is -2.13. The highest BCUT2D eigenvalue weighted by atomic mass is 32.2. The van der Waals surface area contributed by atoms with Gasteiger partial charge in [-0.25, -0.2) is 4.99 Å². The van der Waals surface area contributed by atoms with Crippen LogP contribution in [0.1, 0.15) is 18.1 Å². The number of hydrogen-bond donors (Lipinski definition) is 0. The third-order valence-electron chi connectivity index (χ3n) is 4.58. The number of amidine groups is 1. The standard InChI is InChI=1S/C22H24N2O4S/c1-6-15-9-7-8-10-16(15)23-22-24(2)21(25)19(29-22)13-14-11-17(26-3)20(28-5)18(12-14)27-4/h7-13H,6H2,1-5H3/b19-13+,23-22?. The molecule has 1 aliphatic heterocycles. The van der Waals surface area contributed by atoms with E-state index in [2.05, 4.69) is 6.92 Å². The number of benzene rings is 2. The third-order valence-corrected chi connectivity index (χ3v) is 5.64. The molecule has 0 saturated carbocycles. The first-order chi connectivity index (χ1) is 14.0. The lowest BCUT2D eigenvalue weighted by molar-refractivity contribution is -0.121. The summed E-state index contributed by atoms with van der Waals surface area (Å²) in [5, 5.41) is 0.648. The molecule has 0 bridgehead atoms. The van der Waals surface area contributed by atoms with Crippen LogP contribution in [0.4, 0.5) is 5.69 Å². The average molecular weight is 413 g/mol. The number of rotatable bonds is 6. The summed E-state index contributed by atoms with van der Waals surface area (Å²) < 4.78 is 16.2. The molecule has 1 aliphatic rings. The fourth-order valence-corrected chi connectivity index (χ4v) is 3.99. The number of carbonyl (C=O) groups excluding carboxylic acids is 1. The van der Waals surface area contributed by atoms with E-state index >= 15 is 0 Å². The van der Waals surface area contributed by atoms with E-state index in [-0.39, 0.29) is 5.91 Å². The van der Waals surface area contributed by atoms with Crippen molar-refractivity contribution >= 4 is 34.6 Å². The van der Waals surface area contributed by atoms with Crippen LogP contribution in [0.25, 0.3) is 6.08 Å². The first kappa shape index (κ1) is 20.8. The molecule has 29 heavy (non-hydrogen) atoms. The van der Waals surface area contributed by atoms with Crippen molar-refractivity contribution in [3.05, 3.63) is 52.4 Å². The molecule has 1 amide bonds. The zero-order chi connectivity index (χ0) is 21.0. The highest BCUT2D eigenvalue weighted by Crippen LogP contribution is 2.40. The Bertz CT molecular complexity index is 960. The number of likely N-dealkylation sites (N-methyl/N-ethyl adjacent to an activating group) is 1. The fraction of sp³-hybridized carbons (Fsp3) is 0.273. The van der Waals surface area contributed by atoms with Gasteiger partial charge in [-0.1, -0.05) is 25.1 Å². The van der Waals surface area contributed by atoms with E-state index in [9.17, 15) is 4.79 Å². The van der Waals surface area contributed by atoms with Crippen LogP contribution in [0.15, 0.2) is 46.3 Å². The number of aliphatic imine (C=N–C) groups is 1. The zero-order valence-electron chi connectivity index (χ0n) is 17.2. The van der Waals surface area contributed by atoms with Crippen molar-refractivity contribution in [2.75, 3.05) is 28.4 Å². The molecule has 0 unspecified atom stereocenters. The molecule has 0 N–H and O–H groups in total. The second-order valence-electron chi connectivity index (χ2n) is 6.31. The summed E-state index contributed by atoms with van der Waals surface area (Å²) in [6.45, 7) is 2.09. The topological polar surface area (TPSA) is 60.4 Å². The Morgan fingerprint density at radius 2 is 1.72 bits per heavy atom. The molecule has 1 heterocycles. The van der Waals surface area contributed by atoms with Gasteiger partial charge >= 0.3 is 0 Å². The quantitative estimate of drug-likeness (QED) is 0.654. The summed E-state index contributed by atoms with van der Waals surface area (Å²) in [6.07, 6.45) is 2.69. The van der Waals surface area contributed by atoms with Crippen molar-refractivity contribution in [1.82, 2.24) is 4.90 Å². The second-order valence-corrected chi connectivity index (χ2v) is 7.32. The summed E-state index contributed by atoms with van der Waals surface area (Å²) in [5.41, 5.74) is 2.80. The monoisotopic (exact) mass is 412 g/mol. The summed E-state index contributed by atoms with van der Waals surface area (Å²) in [5.74, 6) is 1.48. The number of hydrogen-bond acceptors (Lipinski definition) is 6. The molecule has 1 saturated heterocycles. The number of nitrogens with zero attached hydrogens (tertiary/aromatic N) is 2. The van der Waals surface area contributed by atoms with Crippen molar-refractivity contribution in [3.8, 4) is 17.2 Å². The Labute approximate surface area is 175 Å². The minimum Gasteiger partial charge on any atom is -0.493 e. The number of aryl methyl sites for hydroxylation is 1. The van der Waals surface area contributed by atoms with Gasteiger partial charge in [0.15, 0.2) is 16.7 Å². The van der Waals surface area contributed by atoms with Crippen LogP contribution in [-0.4, -0.2) is 44.4 Å². The number of methoxy groups -OCH3 is 3. The van der Waals surface area contributed by atoms with Crippen molar-refractivity contribution in [3.63, 3.8) is 0 Å². The van der Waals surface area contributed by atoms with Gasteiger partial charge in [-0.05, 0) is 53.6 Å². The summed E-state index contributed by atoms with van der Waals surface area (Å²) in [4.78, 5) is 19.6. The van der Waals surface area contributed by atoms with Gasteiger partial charge in [0.1, 0.15) is 0 Å². The maximum Gasteiger partial charge on any atom is 0.266 e. The van der Waals surface area contributed by atoms with Gasteiger partial charge in [-0.3, -0.25) is 9.69 Å². The zero-order valence-corrected chi connectivity index (χ0v) is 18.0. The maximum atomic E-state index is 12.8. The highest BCUT2D eigenvalue weighted by Gasteiger charge is 2.30. The maximum absolute atomic E-state index is 12.8. The molecular weight excluding hydrogens is 388 g/mol. The van der Waals surface area contributed by atoms with Crippen molar-refractivity contribution < 1.29 is 19.0 Å². The van der Waals surface area contributed by atoms with Gasteiger partial charge in [0.2, 0.25) is 5.75 Å². The van der Waals surface area contributed by atoms with Gasteiger partial charge in [0.05, 0.1) is 31.9 Å². The van der Waals surface area contributed by atoms with Gasteiger partial charge in [-0.2, -0.15) is 0 Å². The molecule has 0 aliphatic carbocycles. The Morgan fingerprint density at radius 3 is 2.31 bits per heavy atom. The number of para-hydroxylation sites is 1. The van der Waals surface area contributed by atoms with Crippen LogP contribution < -0.4 is 14.2 Å². The number of ether oxygens (including phenoxy) is 3. The van der Waals surface area contributed by atoms with Crippen LogP contribution in [0.3, 0.4) is 0 Å². The summed E-state index contributed by atoms with van der Waals surface area (Å²) in [7, 11) is 6.42. The van der Waals surface area contributed by atoms with E-state index in [4.69, 9.17) is 19.2 Å². The van der Waals surface area contributed by atoms with Gasteiger partial charge in [0, 0.05) is 7.05 Å². The molecule has 0 spiro atoms. The molecule has 0 aromatic heterocycles. The van der Waals surface area contributed by atoms with Crippen LogP contribution in [0.2, 0.25) is 0 Å². The van der Waals surface area contributed by atoms with Crippen LogP contribution in [0, 0.1) is 0 Å².